The first-order valence-electron chi connectivity index (χ1n) is 8.73. The van der Waals surface area contributed by atoms with Gasteiger partial charge in [0.2, 0.25) is 5.91 Å². The number of hydrogen-bond acceptors (Lipinski definition) is 3. The molecule has 2 amide bonds. The molecule has 0 aliphatic carbocycles. The second kappa shape index (κ2) is 6.31. The van der Waals surface area contributed by atoms with Crippen LogP contribution in [0.5, 0.6) is 0 Å². The zero-order valence-corrected chi connectivity index (χ0v) is 14.0. The standard InChI is InChI=1S/C20H21N3O2/c24-18-17(15-5-2-1-3-6-15)13-20(22-18)8-11-23(12-9-20)19(25)16-7-4-10-21-14-16/h1-7,10,14,17H,8-9,11-13H2,(H,22,24)/t17-/m0/s1. The number of carbonyl (C=O) groups is 2. The van der Waals surface area contributed by atoms with E-state index in [0.29, 0.717) is 18.7 Å². The first-order chi connectivity index (χ1) is 12.2. The van der Waals surface area contributed by atoms with Gasteiger partial charge in [-0.2, -0.15) is 0 Å². The van der Waals surface area contributed by atoms with Crippen molar-refractivity contribution in [2.24, 2.45) is 0 Å². The lowest BCUT2D eigenvalue weighted by Gasteiger charge is -2.39. The molecule has 0 unspecified atom stereocenters. The largest absolute Gasteiger partial charge is 0.350 e. The summed E-state index contributed by atoms with van der Waals surface area (Å²) in [5.74, 6) is 0.0480. The van der Waals surface area contributed by atoms with Crippen molar-refractivity contribution < 1.29 is 9.59 Å². The SMILES string of the molecule is O=C1NC2(CCN(C(=O)c3cccnc3)CC2)C[C@H]1c1ccccc1. The number of rotatable bonds is 2. The number of nitrogens with one attached hydrogen (secondary N) is 1. The molecule has 128 valence electrons. The number of hydrogen-bond donors (Lipinski definition) is 1. The van der Waals surface area contributed by atoms with Crippen LogP contribution in [0.25, 0.3) is 0 Å². The molecule has 1 spiro atoms. The Balaban J connectivity index is 1.43. The molecule has 5 heteroatoms. The highest BCUT2D eigenvalue weighted by Gasteiger charge is 2.46. The number of amides is 2. The Labute approximate surface area is 147 Å². The van der Waals surface area contributed by atoms with E-state index in [0.717, 1.165) is 24.8 Å². The summed E-state index contributed by atoms with van der Waals surface area (Å²) in [6.45, 7) is 1.32. The molecule has 1 atom stereocenters. The van der Waals surface area contributed by atoms with Crippen LogP contribution >= 0.6 is 0 Å². The Bertz CT molecular complexity index is 768. The fourth-order valence-electron chi connectivity index (χ4n) is 3.98. The normalized spacial score (nSPS) is 22.0. The van der Waals surface area contributed by atoms with Crippen LogP contribution in [0.2, 0.25) is 0 Å². The maximum absolute atomic E-state index is 12.6. The lowest BCUT2D eigenvalue weighted by molar-refractivity contribution is -0.121. The van der Waals surface area contributed by atoms with Crippen LogP contribution in [0.15, 0.2) is 54.9 Å². The molecule has 1 N–H and O–H groups in total. The molecule has 1 aromatic carbocycles. The van der Waals surface area contributed by atoms with Gasteiger partial charge in [0, 0.05) is 31.0 Å². The van der Waals surface area contributed by atoms with E-state index < -0.39 is 0 Å². The molecule has 2 fully saturated rings. The Morgan fingerprint density at radius 3 is 2.56 bits per heavy atom. The van der Waals surface area contributed by atoms with E-state index in [4.69, 9.17) is 0 Å². The molecule has 1 aromatic heterocycles. The smallest absolute Gasteiger partial charge is 0.255 e. The Hall–Kier alpha value is -2.69. The van der Waals surface area contributed by atoms with Crippen molar-refractivity contribution in [3.8, 4) is 0 Å². The molecule has 2 saturated heterocycles. The molecule has 5 nitrogen and oxygen atoms in total. The van der Waals surface area contributed by atoms with Crippen molar-refractivity contribution in [2.75, 3.05) is 13.1 Å². The summed E-state index contributed by atoms with van der Waals surface area (Å²) in [5, 5.41) is 3.23. The van der Waals surface area contributed by atoms with Crippen molar-refractivity contribution in [1.82, 2.24) is 15.2 Å². The van der Waals surface area contributed by atoms with Crippen LogP contribution in [0, 0.1) is 0 Å². The highest BCUT2D eigenvalue weighted by Crippen LogP contribution is 2.39. The minimum absolute atomic E-state index is 0.0203. The van der Waals surface area contributed by atoms with E-state index in [1.807, 2.05) is 35.2 Å². The summed E-state index contributed by atoms with van der Waals surface area (Å²) in [4.78, 5) is 30.9. The molecular formula is C20H21N3O2. The molecule has 25 heavy (non-hydrogen) atoms. The van der Waals surface area contributed by atoms with E-state index in [1.54, 1.807) is 24.5 Å². The van der Waals surface area contributed by atoms with Gasteiger partial charge in [-0.15, -0.1) is 0 Å². The van der Waals surface area contributed by atoms with Gasteiger partial charge in [0.1, 0.15) is 0 Å². The maximum atomic E-state index is 12.6. The summed E-state index contributed by atoms with van der Waals surface area (Å²) in [5.41, 5.74) is 1.52. The van der Waals surface area contributed by atoms with Crippen LogP contribution in [-0.2, 0) is 4.79 Å². The van der Waals surface area contributed by atoms with Gasteiger partial charge in [-0.25, -0.2) is 0 Å². The molecule has 0 bridgehead atoms. The summed E-state index contributed by atoms with van der Waals surface area (Å²) in [6, 6.07) is 13.5. The predicted octanol–water partition coefficient (Wildman–Crippen LogP) is 2.36. The Morgan fingerprint density at radius 1 is 1.12 bits per heavy atom. The van der Waals surface area contributed by atoms with Crippen LogP contribution in [0.1, 0.15) is 41.1 Å². The maximum Gasteiger partial charge on any atom is 0.255 e. The van der Waals surface area contributed by atoms with E-state index in [-0.39, 0.29) is 23.3 Å². The number of nitrogens with zero attached hydrogens (tertiary/aromatic N) is 2. The number of pyridine rings is 1. The van der Waals surface area contributed by atoms with Crippen molar-refractivity contribution in [3.63, 3.8) is 0 Å². The van der Waals surface area contributed by atoms with Crippen LogP contribution in [-0.4, -0.2) is 40.3 Å². The lowest BCUT2D eigenvalue weighted by Crippen LogP contribution is -2.52. The third-order valence-electron chi connectivity index (χ3n) is 5.42. The van der Waals surface area contributed by atoms with Gasteiger partial charge in [0.15, 0.2) is 0 Å². The van der Waals surface area contributed by atoms with Crippen LogP contribution in [0.3, 0.4) is 0 Å². The zero-order chi connectivity index (χ0) is 17.3. The molecule has 0 radical (unpaired) electrons. The van der Waals surface area contributed by atoms with Gasteiger partial charge in [-0.3, -0.25) is 14.6 Å². The summed E-state index contributed by atoms with van der Waals surface area (Å²) >= 11 is 0. The molecule has 2 aromatic rings. The van der Waals surface area contributed by atoms with Gasteiger partial charge in [-0.1, -0.05) is 30.3 Å². The third kappa shape index (κ3) is 3.02. The van der Waals surface area contributed by atoms with Crippen molar-refractivity contribution >= 4 is 11.8 Å². The van der Waals surface area contributed by atoms with E-state index in [1.165, 1.54) is 0 Å². The minimum Gasteiger partial charge on any atom is -0.350 e. The molecule has 2 aliphatic heterocycles. The zero-order valence-electron chi connectivity index (χ0n) is 14.0. The van der Waals surface area contributed by atoms with Gasteiger partial charge >= 0.3 is 0 Å². The summed E-state index contributed by atoms with van der Waals surface area (Å²) < 4.78 is 0. The van der Waals surface area contributed by atoms with Gasteiger partial charge in [0.05, 0.1) is 11.5 Å². The van der Waals surface area contributed by atoms with E-state index in [9.17, 15) is 9.59 Å². The number of benzene rings is 1. The average molecular weight is 335 g/mol. The molecule has 4 rings (SSSR count). The predicted molar refractivity (Wildman–Crippen MR) is 94.0 cm³/mol. The quantitative estimate of drug-likeness (QED) is 0.916. The number of carbonyl (C=O) groups excluding carboxylic acids is 2. The number of piperidine rings is 1. The first-order valence-corrected chi connectivity index (χ1v) is 8.73. The van der Waals surface area contributed by atoms with Crippen molar-refractivity contribution in [2.45, 2.75) is 30.7 Å². The van der Waals surface area contributed by atoms with Crippen molar-refractivity contribution in [1.29, 1.82) is 0 Å². The van der Waals surface area contributed by atoms with Crippen LogP contribution in [0.4, 0.5) is 0 Å². The van der Waals surface area contributed by atoms with E-state index >= 15 is 0 Å². The molecule has 3 heterocycles. The first kappa shape index (κ1) is 15.8. The van der Waals surface area contributed by atoms with Crippen LogP contribution < -0.4 is 5.32 Å². The van der Waals surface area contributed by atoms with E-state index in [2.05, 4.69) is 10.3 Å². The highest BCUT2D eigenvalue weighted by molar-refractivity contribution is 5.94. The second-order valence-electron chi connectivity index (χ2n) is 6.97. The molecule has 2 aliphatic rings. The minimum atomic E-state index is -0.177. The Morgan fingerprint density at radius 2 is 1.88 bits per heavy atom. The van der Waals surface area contributed by atoms with Gasteiger partial charge < -0.3 is 10.2 Å². The number of likely N-dealkylation sites (tertiary alicyclic amines) is 1. The fourth-order valence-corrected chi connectivity index (χ4v) is 3.98. The second-order valence-corrected chi connectivity index (χ2v) is 6.97. The van der Waals surface area contributed by atoms with Gasteiger partial charge in [0.25, 0.3) is 5.91 Å². The highest BCUT2D eigenvalue weighted by atomic mass is 16.2. The third-order valence-corrected chi connectivity index (χ3v) is 5.42. The number of aromatic nitrogens is 1. The molecule has 0 saturated carbocycles. The lowest BCUT2D eigenvalue weighted by atomic mass is 9.82. The monoisotopic (exact) mass is 335 g/mol. The topological polar surface area (TPSA) is 62.3 Å². The fraction of sp³-hybridized carbons (Fsp3) is 0.350. The van der Waals surface area contributed by atoms with Gasteiger partial charge in [-0.05, 0) is 37.0 Å². The molecular weight excluding hydrogens is 314 g/mol. The average Bonchev–Trinajstić information content (AvgIpc) is 2.99. The summed E-state index contributed by atoms with van der Waals surface area (Å²) in [7, 11) is 0. The summed E-state index contributed by atoms with van der Waals surface area (Å²) in [6.07, 6.45) is 5.68. The van der Waals surface area contributed by atoms with Crippen molar-refractivity contribution in [3.05, 3.63) is 66.0 Å². The Kier molecular flexibility index (Phi) is 3.99.